The maximum Gasteiger partial charge on any atom is 0.241 e. The van der Waals surface area contributed by atoms with Crippen LogP contribution in [0.5, 0.6) is 0 Å². The highest BCUT2D eigenvalue weighted by Gasteiger charge is 2.51. The second-order valence-corrected chi connectivity index (χ2v) is 8.82. The normalized spacial score (nSPS) is 26.5. The number of hydrogen-bond donors (Lipinski definition) is 2. The Morgan fingerprint density at radius 3 is 2.65 bits per heavy atom. The van der Waals surface area contributed by atoms with Crippen LogP contribution in [0.1, 0.15) is 30.7 Å². The Kier molecular flexibility index (Phi) is 4.18. The molecule has 2 N–H and O–H groups in total. The van der Waals surface area contributed by atoms with Gasteiger partial charge in [-0.25, -0.2) is 12.8 Å². The van der Waals surface area contributed by atoms with Crippen LogP contribution >= 0.6 is 0 Å². The lowest BCUT2D eigenvalue weighted by atomic mass is 9.95. The van der Waals surface area contributed by atoms with E-state index in [9.17, 15) is 17.6 Å². The molecule has 1 saturated carbocycles. The number of rotatable bonds is 4. The van der Waals surface area contributed by atoms with Crippen molar-refractivity contribution in [3.8, 4) is 0 Å². The highest BCUT2D eigenvalue weighted by atomic mass is 32.2. The summed E-state index contributed by atoms with van der Waals surface area (Å²) in [5, 5.41) is 5.96. The van der Waals surface area contributed by atoms with Gasteiger partial charge in [0.1, 0.15) is 5.82 Å². The molecule has 23 heavy (non-hydrogen) atoms. The number of carbonyl (C=O) groups excluding carboxylic acids is 1. The van der Waals surface area contributed by atoms with Gasteiger partial charge in [0.15, 0.2) is 14.6 Å². The average Bonchev–Trinajstić information content (AvgIpc) is 3.26. The summed E-state index contributed by atoms with van der Waals surface area (Å²) in [4.78, 5) is 12.7. The summed E-state index contributed by atoms with van der Waals surface area (Å²) in [5.41, 5.74) is 0.842. The minimum atomic E-state index is -3.51. The van der Waals surface area contributed by atoms with E-state index in [0.29, 0.717) is 19.5 Å². The molecule has 1 aliphatic heterocycles. The zero-order chi connectivity index (χ0) is 16.7. The van der Waals surface area contributed by atoms with Crippen LogP contribution < -0.4 is 10.6 Å². The molecule has 3 rings (SSSR count). The molecule has 0 radical (unpaired) electrons. The van der Waals surface area contributed by atoms with E-state index < -0.39 is 20.5 Å². The standard InChI is InChI=1S/C16H21FN2O3S/c1-23(21,22)16(5-7-18-8-6-16)15(20)19-14-10-13(14)11-3-2-4-12(17)9-11/h2-4,9,13-14,18H,5-8,10H2,1H3,(H,19,20). The Morgan fingerprint density at radius 1 is 1.35 bits per heavy atom. The second kappa shape index (κ2) is 5.87. The third kappa shape index (κ3) is 3.12. The smallest absolute Gasteiger partial charge is 0.241 e. The molecule has 0 spiro atoms. The SMILES string of the molecule is CS(=O)(=O)C1(C(=O)NC2CC2c2cccc(F)c2)CCNCC1. The molecular weight excluding hydrogens is 319 g/mol. The van der Waals surface area contributed by atoms with E-state index in [2.05, 4.69) is 10.6 Å². The molecule has 126 valence electrons. The molecule has 1 aromatic carbocycles. The lowest BCUT2D eigenvalue weighted by Crippen LogP contribution is -2.57. The molecule has 5 nitrogen and oxygen atoms in total. The van der Waals surface area contributed by atoms with Gasteiger partial charge < -0.3 is 10.6 Å². The first kappa shape index (κ1) is 16.4. The zero-order valence-corrected chi connectivity index (χ0v) is 13.8. The van der Waals surface area contributed by atoms with Crippen molar-refractivity contribution >= 4 is 15.7 Å². The average molecular weight is 340 g/mol. The van der Waals surface area contributed by atoms with Crippen LogP contribution in [-0.4, -0.2) is 44.5 Å². The van der Waals surface area contributed by atoms with Gasteiger partial charge in [-0.05, 0) is 50.0 Å². The third-order valence-electron chi connectivity index (χ3n) is 4.92. The van der Waals surface area contributed by atoms with E-state index in [-0.39, 0.29) is 30.6 Å². The third-order valence-corrected chi connectivity index (χ3v) is 6.93. The number of carbonyl (C=O) groups is 1. The molecular formula is C16H21FN2O3S. The van der Waals surface area contributed by atoms with Crippen LogP contribution in [0.3, 0.4) is 0 Å². The van der Waals surface area contributed by atoms with E-state index in [1.807, 2.05) is 6.07 Å². The van der Waals surface area contributed by atoms with Crippen LogP contribution in [0.25, 0.3) is 0 Å². The van der Waals surface area contributed by atoms with Crippen LogP contribution in [0.2, 0.25) is 0 Å². The van der Waals surface area contributed by atoms with Crippen LogP contribution in [-0.2, 0) is 14.6 Å². The van der Waals surface area contributed by atoms with Crippen molar-refractivity contribution in [1.29, 1.82) is 0 Å². The predicted molar refractivity (Wildman–Crippen MR) is 85.4 cm³/mol. The van der Waals surface area contributed by atoms with E-state index in [1.165, 1.54) is 12.1 Å². The molecule has 0 bridgehead atoms. The monoisotopic (exact) mass is 340 g/mol. The number of sulfone groups is 1. The molecule has 0 aromatic heterocycles. The second-order valence-electron chi connectivity index (χ2n) is 6.49. The molecule has 1 aromatic rings. The number of nitrogens with one attached hydrogen (secondary N) is 2. The van der Waals surface area contributed by atoms with E-state index in [1.54, 1.807) is 6.07 Å². The molecule has 2 unspecified atom stereocenters. The van der Waals surface area contributed by atoms with Gasteiger partial charge >= 0.3 is 0 Å². The van der Waals surface area contributed by atoms with E-state index in [0.717, 1.165) is 11.8 Å². The molecule has 2 aliphatic rings. The molecule has 7 heteroatoms. The first-order valence-electron chi connectivity index (χ1n) is 7.80. The lowest BCUT2D eigenvalue weighted by Gasteiger charge is -2.34. The van der Waals surface area contributed by atoms with Crippen molar-refractivity contribution < 1.29 is 17.6 Å². The van der Waals surface area contributed by atoms with Gasteiger partial charge in [0.2, 0.25) is 5.91 Å². The van der Waals surface area contributed by atoms with E-state index in [4.69, 9.17) is 0 Å². The summed E-state index contributed by atoms with van der Waals surface area (Å²) in [6.07, 6.45) is 2.42. The minimum Gasteiger partial charge on any atom is -0.351 e. The number of amides is 1. The van der Waals surface area contributed by atoms with Gasteiger partial charge in [-0.2, -0.15) is 0 Å². The molecule has 1 saturated heterocycles. The summed E-state index contributed by atoms with van der Waals surface area (Å²) in [6.45, 7) is 1.02. The fourth-order valence-electron chi connectivity index (χ4n) is 3.36. The van der Waals surface area contributed by atoms with Crippen molar-refractivity contribution in [3.05, 3.63) is 35.6 Å². The van der Waals surface area contributed by atoms with Gasteiger partial charge in [0.25, 0.3) is 0 Å². The summed E-state index contributed by atoms with van der Waals surface area (Å²) in [6, 6.07) is 6.21. The maximum atomic E-state index is 13.3. The fraction of sp³-hybridized carbons (Fsp3) is 0.562. The lowest BCUT2D eigenvalue weighted by molar-refractivity contribution is -0.124. The summed E-state index contributed by atoms with van der Waals surface area (Å²) in [7, 11) is -3.51. The van der Waals surface area contributed by atoms with Crippen molar-refractivity contribution in [1.82, 2.24) is 10.6 Å². The Balaban J connectivity index is 1.72. The largest absolute Gasteiger partial charge is 0.351 e. The predicted octanol–water partition coefficient (Wildman–Crippen LogP) is 0.965. The van der Waals surface area contributed by atoms with Gasteiger partial charge in [-0.15, -0.1) is 0 Å². The molecule has 2 atom stereocenters. The molecule has 2 fully saturated rings. The van der Waals surface area contributed by atoms with Crippen molar-refractivity contribution in [2.45, 2.75) is 36.0 Å². The zero-order valence-electron chi connectivity index (χ0n) is 13.0. The topological polar surface area (TPSA) is 75.3 Å². The van der Waals surface area contributed by atoms with Crippen LogP contribution in [0.4, 0.5) is 4.39 Å². The summed E-state index contributed by atoms with van der Waals surface area (Å²) in [5.74, 6) is -0.649. The minimum absolute atomic E-state index is 0.0629. The van der Waals surface area contributed by atoms with Crippen molar-refractivity contribution in [3.63, 3.8) is 0 Å². The number of hydrogen-bond acceptors (Lipinski definition) is 4. The van der Waals surface area contributed by atoms with Crippen LogP contribution in [0.15, 0.2) is 24.3 Å². The quantitative estimate of drug-likeness (QED) is 0.856. The Hall–Kier alpha value is -1.47. The summed E-state index contributed by atoms with van der Waals surface area (Å²) >= 11 is 0. The van der Waals surface area contributed by atoms with Crippen molar-refractivity contribution in [2.75, 3.05) is 19.3 Å². The van der Waals surface area contributed by atoms with E-state index >= 15 is 0 Å². The number of piperidine rings is 1. The Morgan fingerprint density at radius 2 is 2.04 bits per heavy atom. The number of halogens is 1. The highest BCUT2D eigenvalue weighted by Crippen LogP contribution is 2.41. The Labute approximate surface area is 135 Å². The fourth-order valence-corrected chi connectivity index (χ4v) is 4.70. The maximum absolute atomic E-state index is 13.3. The highest BCUT2D eigenvalue weighted by molar-refractivity contribution is 7.92. The molecule has 1 heterocycles. The van der Waals surface area contributed by atoms with Gasteiger partial charge in [0.05, 0.1) is 0 Å². The van der Waals surface area contributed by atoms with Crippen molar-refractivity contribution in [2.24, 2.45) is 0 Å². The molecule has 1 amide bonds. The first-order valence-corrected chi connectivity index (χ1v) is 9.69. The number of benzene rings is 1. The summed E-state index contributed by atoms with van der Waals surface area (Å²) < 4.78 is 36.4. The van der Waals surface area contributed by atoms with Crippen LogP contribution in [0, 0.1) is 5.82 Å². The molecule has 1 aliphatic carbocycles. The van der Waals surface area contributed by atoms with Gasteiger partial charge in [0, 0.05) is 18.2 Å². The first-order chi connectivity index (χ1) is 10.8. The van der Waals surface area contributed by atoms with Gasteiger partial charge in [-0.3, -0.25) is 4.79 Å². The Bertz CT molecular complexity index is 714. The van der Waals surface area contributed by atoms with Gasteiger partial charge in [-0.1, -0.05) is 12.1 Å².